The molecular weight excluding hydrogens is 166 g/mol. The van der Waals surface area contributed by atoms with Gasteiger partial charge in [0.1, 0.15) is 5.76 Å². The van der Waals surface area contributed by atoms with Gasteiger partial charge in [0.15, 0.2) is 0 Å². The Hall–Kier alpha value is -1.38. The Morgan fingerprint density at radius 3 is 2.92 bits per heavy atom. The molecule has 0 aromatic carbocycles. The van der Waals surface area contributed by atoms with Crippen LogP contribution in [0.15, 0.2) is 40.9 Å². The number of nitrogens with zero attached hydrogens (tertiary/aromatic N) is 1. The molecule has 0 bridgehead atoms. The van der Waals surface area contributed by atoms with E-state index in [0.29, 0.717) is 12.1 Å². The zero-order valence-corrected chi connectivity index (χ0v) is 7.82. The number of nitroso groups, excluding NO2 is 1. The number of hydrogen-bond acceptors (Lipinski definition) is 3. The second-order valence-electron chi connectivity index (χ2n) is 3.55. The predicted octanol–water partition coefficient (Wildman–Crippen LogP) is 3.06. The quantitative estimate of drug-likeness (QED) is 0.662. The van der Waals surface area contributed by atoms with Crippen molar-refractivity contribution in [1.82, 2.24) is 0 Å². The molecule has 0 heterocycles. The Morgan fingerprint density at radius 1 is 1.77 bits per heavy atom. The van der Waals surface area contributed by atoms with Crippen LogP contribution in [-0.2, 0) is 0 Å². The Kier molecular flexibility index (Phi) is 2.66. The van der Waals surface area contributed by atoms with Crippen LogP contribution in [-0.4, -0.2) is 5.11 Å². The summed E-state index contributed by atoms with van der Waals surface area (Å²) in [5.41, 5.74) is 0.284. The molecule has 0 saturated heterocycles. The van der Waals surface area contributed by atoms with Crippen LogP contribution in [0.1, 0.15) is 20.3 Å². The molecule has 13 heavy (non-hydrogen) atoms. The second kappa shape index (κ2) is 3.56. The molecule has 0 fully saturated rings. The van der Waals surface area contributed by atoms with E-state index in [9.17, 15) is 4.91 Å². The maximum absolute atomic E-state index is 10.2. The van der Waals surface area contributed by atoms with Crippen LogP contribution in [0.4, 0.5) is 0 Å². The fraction of sp³-hybridized carbons (Fsp3) is 0.400. The van der Waals surface area contributed by atoms with Crippen molar-refractivity contribution < 1.29 is 5.11 Å². The Bertz CT molecular complexity index is 302. The molecule has 0 aromatic rings. The Labute approximate surface area is 77.4 Å². The lowest BCUT2D eigenvalue weighted by Crippen LogP contribution is -2.11. The van der Waals surface area contributed by atoms with E-state index in [2.05, 4.69) is 5.18 Å². The Morgan fingerprint density at radius 2 is 2.46 bits per heavy atom. The van der Waals surface area contributed by atoms with E-state index < -0.39 is 0 Å². The highest BCUT2D eigenvalue weighted by Gasteiger charge is 2.20. The highest BCUT2D eigenvalue weighted by Crippen LogP contribution is 2.31. The van der Waals surface area contributed by atoms with Crippen LogP contribution in [0.3, 0.4) is 0 Å². The van der Waals surface area contributed by atoms with E-state index in [1.807, 2.05) is 13.0 Å². The number of aliphatic hydroxyl groups is 1. The van der Waals surface area contributed by atoms with Gasteiger partial charge in [-0.15, -0.1) is 4.91 Å². The zero-order chi connectivity index (χ0) is 9.90. The largest absolute Gasteiger partial charge is 0.508 e. The highest BCUT2D eigenvalue weighted by molar-refractivity contribution is 5.26. The monoisotopic (exact) mass is 179 g/mol. The summed E-state index contributed by atoms with van der Waals surface area (Å²) in [6.07, 6.45) is 7.74. The van der Waals surface area contributed by atoms with Crippen LogP contribution in [0.25, 0.3) is 0 Å². The maximum Gasteiger partial charge on any atom is 0.111 e. The first-order chi connectivity index (χ1) is 6.06. The third-order valence-electron chi connectivity index (χ3n) is 2.07. The van der Waals surface area contributed by atoms with Gasteiger partial charge >= 0.3 is 0 Å². The van der Waals surface area contributed by atoms with E-state index in [1.165, 1.54) is 0 Å². The van der Waals surface area contributed by atoms with Crippen LogP contribution in [0, 0.1) is 10.3 Å². The lowest BCUT2D eigenvalue weighted by atomic mass is 9.83. The molecule has 0 aromatic heterocycles. The molecule has 0 spiro atoms. The van der Waals surface area contributed by atoms with Crippen LogP contribution >= 0.6 is 0 Å². The Balaban J connectivity index is 2.82. The van der Waals surface area contributed by atoms with Crippen molar-refractivity contribution >= 4 is 0 Å². The summed E-state index contributed by atoms with van der Waals surface area (Å²) in [5, 5.41) is 11.9. The van der Waals surface area contributed by atoms with Crippen molar-refractivity contribution in [3.05, 3.63) is 40.7 Å². The van der Waals surface area contributed by atoms with Crippen LogP contribution in [0.2, 0.25) is 0 Å². The molecule has 1 N–H and O–H groups in total. The summed E-state index contributed by atoms with van der Waals surface area (Å²) in [7, 11) is 0. The van der Waals surface area contributed by atoms with Crippen molar-refractivity contribution in [3.63, 3.8) is 0 Å². The van der Waals surface area contributed by atoms with Gasteiger partial charge in [0, 0.05) is 5.41 Å². The highest BCUT2D eigenvalue weighted by atomic mass is 16.3. The zero-order valence-electron chi connectivity index (χ0n) is 7.82. The molecule has 1 aliphatic carbocycles. The summed E-state index contributed by atoms with van der Waals surface area (Å²) in [6, 6.07) is 0. The lowest BCUT2D eigenvalue weighted by Gasteiger charge is -2.22. The van der Waals surface area contributed by atoms with Crippen LogP contribution in [0.5, 0.6) is 0 Å². The molecule has 1 atom stereocenters. The molecule has 3 nitrogen and oxygen atoms in total. The number of rotatable bonds is 2. The third-order valence-corrected chi connectivity index (χ3v) is 2.07. The van der Waals surface area contributed by atoms with E-state index in [-0.39, 0.29) is 11.2 Å². The molecule has 70 valence electrons. The van der Waals surface area contributed by atoms with E-state index >= 15 is 0 Å². The normalized spacial score (nSPS) is 28.5. The molecule has 3 heteroatoms. The van der Waals surface area contributed by atoms with Crippen molar-refractivity contribution in [3.8, 4) is 0 Å². The molecule has 0 aliphatic heterocycles. The second-order valence-corrected chi connectivity index (χ2v) is 3.55. The topological polar surface area (TPSA) is 49.7 Å². The van der Waals surface area contributed by atoms with Gasteiger partial charge in [0.25, 0.3) is 0 Å². The van der Waals surface area contributed by atoms with Crippen LogP contribution < -0.4 is 0 Å². The van der Waals surface area contributed by atoms with Gasteiger partial charge in [-0.2, -0.15) is 0 Å². The average Bonchev–Trinajstić information content (AvgIpc) is 2.10. The molecular formula is C10H13NO2. The summed E-state index contributed by atoms with van der Waals surface area (Å²) in [5.74, 6) is 0.280. The van der Waals surface area contributed by atoms with Crippen molar-refractivity contribution in [1.29, 1.82) is 0 Å². The van der Waals surface area contributed by atoms with E-state index in [0.717, 1.165) is 0 Å². The van der Waals surface area contributed by atoms with Crippen molar-refractivity contribution in [2.45, 2.75) is 20.3 Å². The summed E-state index contributed by atoms with van der Waals surface area (Å²) >= 11 is 0. The third kappa shape index (κ3) is 2.54. The van der Waals surface area contributed by atoms with Crippen molar-refractivity contribution in [2.75, 3.05) is 0 Å². The smallest absolute Gasteiger partial charge is 0.111 e. The molecule has 0 amide bonds. The first-order valence-electron chi connectivity index (χ1n) is 4.17. The minimum atomic E-state index is -0.190. The molecule has 0 saturated carbocycles. The van der Waals surface area contributed by atoms with Gasteiger partial charge in [-0.1, -0.05) is 13.0 Å². The maximum atomic E-state index is 10.2. The molecule has 1 rings (SSSR count). The fourth-order valence-corrected chi connectivity index (χ4v) is 1.35. The van der Waals surface area contributed by atoms with Crippen molar-refractivity contribution in [2.24, 2.45) is 10.6 Å². The molecule has 1 aliphatic rings. The van der Waals surface area contributed by atoms with E-state index in [4.69, 9.17) is 5.11 Å². The molecule has 1 unspecified atom stereocenters. The van der Waals surface area contributed by atoms with Gasteiger partial charge in [0.2, 0.25) is 0 Å². The number of allylic oxidation sites excluding steroid dienone is 5. The first kappa shape index (κ1) is 9.71. The summed E-state index contributed by atoms with van der Waals surface area (Å²) < 4.78 is 0. The molecule has 0 radical (unpaired) electrons. The number of hydrogen-bond donors (Lipinski definition) is 1. The minimum Gasteiger partial charge on any atom is -0.508 e. The number of aliphatic hydroxyl groups excluding tert-OH is 1. The predicted molar refractivity (Wildman–Crippen MR) is 52.1 cm³/mol. The fourth-order valence-electron chi connectivity index (χ4n) is 1.35. The van der Waals surface area contributed by atoms with Gasteiger partial charge in [-0.3, -0.25) is 0 Å². The van der Waals surface area contributed by atoms with Gasteiger partial charge in [0.05, 0.1) is 5.70 Å². The van der Waals surface area contributed by atoms with Gasteiger partial charge in [-0.05, 0) is 36.7 Å². The summed E-state index contributed by atoms with van der Waals surface area (Å²) in [6.45, 7) is 3.66. The minimum absolute atomic E-state index is 0.190. The first-order valence-corrected chi connectivity index (χ1v) is 4.17. The van der Waals surface area contributed by atoms with E-state index in [1.54, 1.807) is 25.2 Å². The lowest BCUT2D eigenvalue weighted by molar-refractivity contribution is 0.412. The summed E-state index contributed by atoms with van der Waals surface area (Å²) in [4.78, 5) is 10.2. The van der Waals surface area contributed by atoms with Gasteiger partial charge < -0.3 is 5.11 Å². The van der Waals surface area contributed by atoms with Gasteiger partial charge in [-0.25, -0.2) is 0 Å². The standard InChI is InChI=1S/C10H13NO2/c1-8(11-13)7-10(2)5-3-9(12)4-6-10/h3-5,7,12H,6H2,1-2H3/b8-7-. The SMILES string of the molecule is C/C(=C/C1(C)C=CC(O)=CC1)N=O. The average molecular weight is 179 g/mol.